The van der Waals surface area contributed by atoms with Gasteiger partial charge in [0, 0.05) is 31.3 Å². The summed E-state index contributed by atoms with van der Waals surface area (Å²) in [5.74, 6) is 0.793. The first-order chi connectivity index (χ1) is 9.65. The van der Waals surface area contributed by atoms with Crippen LogP contribution in [0.4, 0.5) is 5.69 Å². The van der Waals surface area contributed by atoms with E-state index in [1.54, 1.807) is 29.2 Å². The van der Waals surface area contributed by atoms with Crippen molar-refractivity contribution < 1.29 is 0 Å². The number of nitrogens with two attached hydrogens (primary N) is 1. The lowest BCUT2D eigenvalue weighted by atomic mass is 10.2. The van der Waals surface area contributed by atoms with Gasteiger partial charge in [0.05, 0.1) is 10.0 Å². The van der Waals surface area contributed by atoms with Crippen LogP contribution in [-0.4, -0.2) is 0 Å². The maximum absolute atomic E-state index is 6.43. The fourth-order valence-electron chi connectivity index (χ4n) is 1.93. The second-order valence-electron chi connectivity index (χ2n) is 4.31. The topological polar surface area (TPSA) is 26.0 Å². The predicted molar refractivity (Wildman–Crippen MR) is 92.3 cm³/mol. The van der Waals surface area contributed by atoms with Crippen molar-refractivity contribution in [1.82, 2.24) is 0 Å². The van der Waals surface area contributed by atoms with E-state index in [4.69, 9.17) is 28.9 Å². The highest BCUT2D eigenvalue weighted by Crippen LogP contribution is 2.40. The van der Waals surface area contributed by atoms with Crippen molar-refractivity contribution >= 4 is 62.1 Å². The van der Waals surface area contributed by atoms with Crippen LogP contribution in [0.25, 0.3) is 10.1 Å². The van der Waals surface area contributed by atoms with Crippen LogP contribution in [-0.2, 0) is 5.75 Å². The summed E-state index contributed by atoms with van der Waals surface area (Å²) >= 11 is 16.0. The van der Waals surface area contributed by atoms with Crippen molar-refractivity contribution in [2.45, 2.75) is 10.6 Å². The van der Waals surface area contributed by atoms with Crippen molar-refractivity contribution in [1.29, 1.82) is 0 Å². The number of thioether (sulfide) groups is 1. The number of hydrogen-bond donors (Lipinski definition) is 1. The third-order valence-corrected chi connectivity index (χ3v) is 6.34. The standard InChI is InChI=1S/C15H11Cl2NS2/c16-11-6-5-9(18)7-13(11)19-8-14-15(17)10-3-1-2-4-12(10)20-14/h1-7H,8,18H2. The maximum atomic E-state index is 6.43. The van der Waals surface area contributed by atoms with Gasteiger partial charge in [-0.1, -0.05) is 41.4 Å². The molecule has 0 aliphatic rings. The average molecular weight is 340 g/mol. The normalized spacial score (nSPS) is 11.1. The molecule has 102 valence electrons. The third kappa shape index (κ3) is 2.77. The molecule has 0 aliphatic carbocycles. The van der Waals surface area contributed by atoms with Gasteiger partial charge in [0.1, 0.15) is 0 Å². The van der Waals surface area contributed by atoms with E-state index in [1.807, 2.05) is 24.3 Å². The minimum absolute atomic E-state index is 0.722. The number of anilines is 1. The summed E-state index contributed by atoms with van der Waals surface area (Å²) in [6, 6.07) is 13.7. The Labute approximate surface area is 135 Å². The zero-order chi connectivity index (χ0) is 14.1. The summed E-state index contributed by atoms with van der Waals surface area (Å²) in [6.07, 6.45) is 0. The number of fused-ring (bicyclic) bond motifs is 1. The molecule has 0 unspecified atom stereocenters. The van der Waals surface area contributed by atoms with Gasteiger partial charge in [-0.05, 0) is 24.3 Å². The number of benzene rings is 2. The fourth-order valence-corrected chi connectivity index (χ4v) is 4.86. The Balaban J connectivity index is 1.87. The van der Waals surface area contributed by atoms with Crippen LogP contribution in [0.2, 0.25) is 10.0 Å². The summed E-state index contributed by atoms with van der Waals surface area (Å²) in [4.78, 5) is 2.15. The molecule has 0 bridgehead atoms. The molecule has 0 aliphatic heterocycles. The molecule has 1 heterocycles. The Morgan fingerprint density at radius 1 is 1.10 bits per heavy atom. The van der Waals surface area contributed by atoms with Crippen molar-refractivity contribution in [2.75, 3.05) is 5.73 Å². The smallest absolute Gasteiger partial charge is 0.0632 e. The van der Waals surface area contributed by atoms with E-state index in [0.29, 0.717) is 0 Å². The molecule has 3 rings (SSSR count). The van der Waals surface area contributed by atoms with Gasteiger partial charge < -0.3 is 5.73 Å². The fraction of sp³-hybridized carbons (Fsp3) is 0.0667. The van der Waals surface area contributed by atoms with Crippen LogP contribution in [0.5, 0.6) is 0 Å². The molecule has 1 aromatic heterocycles. The minimum Gasteiger partial charge on any atom is -0.399 e. The molecule has 0 saturated heterocycles. The number of hydrogen-bond acceptors (Lipinski definition) is 3. The Bertz CT molecular complexity index is 768. The zero-order valence-electron chi connectivity index (χ0n) is 10.4. The van der Waals surface area contributed by atoms with Gasteiger partial charge in [-0.3, -0.25) is 0 Å². The SMILES string of the molecule is Nc1ccc(Cl)c(SCc2sc3ccccc3c2Cl)c1. The number of thiophene rings is 1. The van der Waals surface area contributed by atoms with Crippen LogP contribution in [0.1, 0.15) is 4.88 Å². The molecule has 20 heavy (non-hydrogen) atoms. The van der Waals surface area contributed by atoms with E-state index in [1.165, 1.54) is 4.70 Å². The van der Waals surface area contributed by atoms with Crippen molar-refractivity contribution in [3.05, 3.63) is 57.4 Å². The quantitative estimate of drug-likeness (QED) is 0.462. The van der Waals surface area contributed by atoms with Crippen LogP contribution in [0, 0.1) is 0 Å². The van der Waals surface area contributed by atoms with E-state index in [2.05, 4.69) is 12.1 Å². The van der Waals surface area contributed by atoms with Crippen molar-refractivity contribution in [3.63, 3.8) is 0 Å². The molecule has 2 N–H and O–H groups in total. The summed E-state index contributed by atoms with van der Waals surface area (Å²) in [6.45, 7) is 0. The molecule has 0 spiro atoms. The van der Waals surface area contributed by atoms with Gasteiger partial charge >= 0.3 is 0 Å². The molecular formula is C15H11Cl2NS2. The highest BCUT2D eigenvalue weighted by Gasteiger charge is 2.11. The monoisotopic (exact) mass is 339 g/mol. The molecule has 5 heteroatoms. The highest BCUT2D eigenvalue weighted by atomic mass is 35.5. The van der Waals surface area contributed by atoms with E-state index < -0.39 is 0 Å². The Kier molecular flexibility index (Phi) is 4.13. The number of rotatable bonds is 3. The van der Waals surface area contributed by atoms with Gasteiger partial charge in [0.25, 0.3) is 0 Å². The average Bonchev–Trinajstić information content (AvgIpc) is 2.77. The molecule has 2 aromatic carbocycles. The largest absolute Gasteiger partial charge is 0.399 e. The van der Waals surface area contributed by atoms with Crippen LogP contribution in [0.3, 0.4) is 0 Å². The van der Waals surface area contributed by atoms with E-state index in [9.17, 15) is 0 Å². The summed E-state index contributed by atoms with van der Waals surface area (Å²) < 4.78 is 1.21. The first kappa shape index (κ1) is 14.1. The predicted octanol–water partition coefficient (Wildman–Crippen LogP) is 6.08. The first-order valence-corrected chi connectivity index (χ1v) is 8.54. The van der Waals surface area contributed by atoms with Gasteiger partial charge in [-0.25, -0.2) is 0 Å². The summed E-state index contributed by atoms with van der Waals surface area (Å²) in [7, 11) is 0. The minimum atomic E-state index is 0.722. The van der Waals surface area contributed by atoms with Gasteiger partial charge in [0.2, 0.25) is 0 Å². The Morgan fingerprint density at radius 2 is 1.90 bits per heavy atom. The molecule has 0 amide bonds. The number of halogens is 2. The molecule has 0 radical (unpaired) electrons. The Hall–Kier alpha value is -0.870. The second-order valence-corrected chi connectivity index (χ2v) is 7.25. The summed E-state index contributed by atoms with van der Waals surface area (Å²) in [5.41, 5.74) is 6.51. The summed E-state index contributed by atoms with van der Waals surface area (Å²) in [5, 5.41) is 2.69. The number of nitrogen functional groups attached to an aromatic ring is 1. The first-order valence-electron chi connectivity index (χ1n) is 5.99. The molecular weight excluding hydrogens is 329 g/mol. The molecule has 3 aromatic rings. The molecule has 0 saturated carbocycles. The van der Waals surface area contributed by atoms with Crippen LogP contribution in [0.15, 0.2) is 47.4 Å². The van der Waals surface area contributed by atoms with Crippen molar-refractivity contribution in [2.24, 2.45) is 0 Å². The lowest BCUT2D eigenvalue weighted by molar-refractivity contribution is 1.43. The lowest BCUT2D eigenvalue weighted by Crippen LogP contribution is -1.85. The van der Waals surface area contributed by atoms with Gasteiger partial charge in [-0.15, -0.1) is 23.1 Å². The van der Waals surface area contributed by atoms with Gasteiger partial charge in [0.15, 0.2) is 0 Å². The zero-order valence-corrected chi connectivity index (χ0v) is 13.5. The second kappa shape index (κ2) is 5.86. The van der Waals surface area contributed by atoms with E-state index in [0.717, 1.165) is 36.6 Å². The van der Waals surface area contributed by atoms with E-state index >= 15 is 0 Å². The van der Waals surface area contributed by atoms with Crippen LogP contribution < -0.4 is 5.73 Å². The molecule has 0 atom stereocenters. The highest BCUT2D eigenvalue weighted by molar-refractivity contribution is 7.98. The Morgan fingerprint density at radius 3 is 2.70 bits per heavy atom. The van der Waals surface area contributed by atoms with Gasteiger partial charge in [-0.2, -0.15) is 0 Å². The molecule has 1 nitrogen and oxygen atoms in total. The maximum Gasteiger partial charge on any atom is 0.0632 e. The van der Waals surface area contributed by atoms with Crippen molar-refractivity contribution in [3.8, 4) is 0 Å². The van der Waals surface area contributed by atoms with Crippen LogP contribution >= 0.6 is 46.3 Å². The van der Waals surface area contributed by atoms with E-state index in [-0.39, 0.29) is 0 Å². The third-order valence-electron chi connectivity index (χ3n) is 2.92. The molecule has 0 fully saturated rings. The lowest BCUT2D eigenvalue weighted by Gasteiger charge is -2.04.